The van der Waals surface area contributed by atoms with Gasteiger partial charge in [0, 0.05) is 48.6 Å². The van der Waals surface area contributed by atoms with E-state index in [9.17, 15) is 24.3 Å². The monoisotopic (exact) mass is 572 g/mol. The second kappa shape index (κ2) is 14.1. The SMILES string of the molecule is CC(C)C[C@@H](C(=O)O)N(C(=O)[C@H](Cc1c[nH]c2ccccc12)NC(=O)[C@H](Cc1ccccc1)NC=O)N1C=CN=CC1. The number of fused-ring (bicyclic) bond motifs is 1. The molecule has 42 heavy (non-hydrogen) atoms. The Kier molecular flexibility index (Phi) is 10.1. The molecular weight excluding hydrogens is 536 g/mol. The van der Waals surface area contributed by atoms with Crippen molar-refractivity contribution >= 4 is 41.3 Å². The molecule has 11 nitrogen and oxygen atoms in total. The minimum absolute atomic E-state index is 0.0301. The average molecular weight is 573 g/mol. The lowest BCUT2D eigenvalue weighted by atomic mass is 9.99. The third-order valence-corrected chi connectivity index (χ3v) is 7.06. The smallest absolute Gasteiger partial charge is 0.328 e. The first-order chi connectivity index (χ1) is 20.3. The van der Waals surface area contributed by atoms with E-state index in [0.717, 1.165) is 22.0 Å². The van der Waals surface area contributed by atoms with Gasteiger partial charge < -0.3 is 20.7 Å². The summed E-state index contributed by atoms with van der Waals surface area (Å²) in [5, 5.41) is 19.3. The number of hydrogen-bond acceptors (Lipinski definition) is 6. The molecule has 0 saturated heterocycles. The number of para-hydroxylation sites is 1. The highest BCUT2D eigenvalue weighted by Gasteiger charge is 2.39. The third-order valence-electron chi connectivity index (χ3n) is 7.06. The molecule has 0 fully saturated rings. The molecule has 1 aliphatic rings. The summed E-state index contributed by atoms with van der Waals surface area (Å²) in [5.74, 6) is -2.34. The zero-order valence-corrected chi connectivity index (χ0v) is 23.6. The highest BCUT2D eigenvalue weighted by Crippen LogP contribution is 2.23. The number of nitrogens with zero attached hydrogens (tertiary/aromatic N) is 3. The number of benzene rings is 2. The number of H-pyrrole nitrogens is 1. The largest absolute Gasteiger partial charge is 0.480 e. The van der Waals surface area contributed by atoms with Crippen LogP contribution in [0.5, 0.6) is 0 Å². The van der Waals surface area contributed by atoms with Crippen molar-refractivity contribution in [2.24, 2.45) is 10.9 Å². The molecule has 1 aromatic heterocycles. The summed E-state index contributed by atoms with van der Waals surface area (Å²) in [6.45, 7) is 3.95. The van der Waals surface area contributed by atoms with Gasteiger partial charge in [0.2, 0.25) is 12.3 Å². The van der Waals surface area contributed by atoms with Crippen molar-refractivity contribution in [3.05, 3.63) is 84.3 Å². The van der Waals surface area contributed by atoms with Crippen molar-refractivity contribution in [2.75, 3.05) is 6.54 Å². The molecule has 11 heteroatoms. The molecule has 0 aliphatic carbocycles. The van der Waals surface area contributed by atoms with Crippen LogP contribution in [0.1, 0.15) is 31.4 Å². The highest BCUT2D eigenvalue weighted by molar-refractivity contribution is 5.93. The number of aliphatic carboxylic acids is 1. The Hall–Kier alpha value is -4.93. The van der Waals surface area contributed by atoms with Crippen molar-refractivity contribution in [3.8, 4) is 0 Å². The van der Waals surface area contributed by atoms with Crippen LogP contribution in [-0.4, -0.2) is 75.2 Å². The number of aliphatic imine (C=N–C) groups is 1. The van der Waals surface area contributed by atoms with Gasteiger partial charge in [-0.1, -0.05) is 62.4 Å². The molecule has 4 N–H and O–H groups in total. The lowest BCUT2D eigenvalue weighted by Crippen LogP contribution is -2.61. The van der Waals surface area contributed by atoms with Crippen LogP contribution >= 0.6 is 0 Å². The van der Waals surface area contributed by atoms with Crippen LogP contribution in [0.15, 0.2) is 78.2 Å². The number of carboxylic acid groups (broad SMARTS) is 1. The average Bonchev–Trinajstić information content (AvgIpc) is 3.39. The van der Waals surface area contributed by atoms with Crippen molar-refractivity contribution in [2.45, 2.75) is 51.2 Å². The molecule has 3 atom stereocenters. The molecule has 2 aromatic carbocycles. The van der Waals surface area contributed by atoms with Crippen LogP contribution < -0.4 is 10.6 Å². The number of nitrogens with one attached hydrogen (secondary N) is 3. The fourth-order valence-corrected chi connectivity index (χ4v) is 5.05. The van der Waals surface area contributed by atoms with Gasteiger partial charge in [-0.05, 0) is 29.5 Å². The molecular formula is C31H36N6O5. The fraction of sp³-hybridized carbons (Fsp3) is 0.323. The van der Waals surface area contributed by atoms with Crippen LogP contribution in [0.3, 0.4) is 0 Å². The quantitative estimate of drug-likeness (QED) is 0.219. The second-order valence-electron chi connectivity index (χ2n) is 10.6. The zero-order chi connectivity index (χ0) is 30.1. The lowest BCUT2D eigenvalue weighted by Gasteiger charge is -2.40. The van der Waals surface area contributed by atoms with E-state index in [1.807, 2.05) is 68.4 Å². The molecule has 220 valence electrons. The number of aromatic nitrogens is 1. The summed E-state index contributed by atoms with van der Waals surface area (Å²) < 4.78 is 0. The van der Waals surface area contributed by atoms with Crippen LogP contribution in [0, 0.1) is 5.92 Å². The first kappa shape index (κ1) is 30.0. The molecule has 0 spiro atoms. The molecule has 1 aliphatic heterocycles. The van der Waals surface area contributed by atoms with Gasteiger partial charge in [-0.3, -0.25) is 24.4 Å². The fourth-order valence-electron chi connectivity index (χ4n) is 5.05. The second-order valence-corrected chi connectivity index (χ2v) is 10.6. The number of carbonyl (C=O) groups excluding carboxylic acids is 3. The van der Waals surface area contributed by atoms with E-state index in [4.69, 9.17) is 0 Å². The van der Waals surface area contributed by atoms with Gasteiger partial charge in [0.25, 0.3) is 5.91 Å². The maximum Gasteiger partial charge on any atom is 0.328 e. The zero-order valence-electron chi connectivity index (χ0n) is 23.6. The normalized spacial score (nSPS) is 14.8. The Labute approximate surface area is 244 Å². The van der Waals surface area contributed by atoms with E-state index in [1.165, 1.54) is 16.2 Å². The van der Waals surface area contributed by atoms with E-state index in [0.29, 0.717) is 6.41 Å². The topological polar surface area (TPSA) is 147 Å². The molecule has 3 aromatic rings. The molecule has 4 rings (SSSR count). The summed E-state index contributed by atoms with van der Waals surface area (Å²) >= 11 is 0. The lowest BCUT2D eigenvalue weighted by molar-refractivity contribution is -0.166. The van der Waals surface area contributed by atoms with Crippen molar-refractivity contribution < 1.29 is 24.3 Å². The number of rotatable bonds is 14. The summed E-state index contributed by atoms with van der Waals surface area (Å²) in [6.07, 6.45) is 7.33. The van der Waals surface area contributed by atoms with Crippen LogP contribution in [0.2, 0.25) is 0 Å². The van der Waals surface area contributed by atoms with Crippen molar-refractivity contribution in [3.63, 3.8) is 0 Å². The first-order valence-corrected chi connectivity index (χ1v) is 13.9. The van der Waals surface area contributed by atoms with E-state index in [-0.39, 0.29) is 31.7 Å². The number of aromatic amines is 1. The van der Waals surface area contributed by atoms with E-state index in [2.05, 4.69) is 20.6 Å². The van der Waals surface area contributed by atoms with Gasteiger partial charge in [0.1, 0.15) is 12.1 Å². The van der Waals surface area contributed by atoms with Crippen molar-refractivity contribution in [1.82, 2.24) is 25.6 Å². The summed E-state index contributed by atoms with van der Waals surface area (Å²) in [7, 11) is 0. The van der Waals surface area contributed by atoms with E-state index >= 15 is 0 Å². The Morgan fingerprint density at radius 1 is 1.07 bits per heavy atom. The number of carboxylic acids is 1. The van der Waals surface area contributed by atoms with Crippen LogP contribution in [0.25, 0.3) is 10.9 Å². The van der Waals surface area contributed by atoms with Gasteiger partial charge in [0.15, 0.2) is 6.04 Å². The molecule has 0 radical (unpaired) electrons. The Bertz CT molecular complexity index is 1450. The Morgan fingerprint density at radius 3 is 2.48 bits per heavy atom. The minimum Gasteiger partial charge on any atom is -0.480 e. The summed E-state index contributed by atoms with van der Waals surface area (Å²) in [4.78, 5) is 59.3. The third kappa shape index (κ3) is 7.42. The van der Waals surface area contributed by atoms with Gasteiger partial charge >= 0.3 is 5.97 Å². The minimum atomic E-state index is -1.19. The standard InChI is InChI=1S/C31H36N6O5/c1-21(2)16-28(31(41)42)37(36-14-12-32-13-15-36)30(40)27(18-23-19-33-25-11-7-6-10-24(23)25)35-29(39)26(34-20-38)17-22-8-4-3-5-9-22/h3-14,19-21,26-28,33H,15-18H2,1-2H3,(H,34,38)(H,35,39)(H,41,42)/t26-,27-,28-/m0/s1. The van der Waals surface area contributed by atoms with Gasteiger partial charge in [-0.25, -0.2) is 9.80 Å². The number of hydrazine groups is 1. The Balaban J connectivity index is 1.71. The molecule has 3 amide bonds. The maximum atomic E-state index is 14.4. The van der Waals surface area contributed by atoms with Gasteiger partial charge in [-0.15, -0.1) is 0 Å². The summed E-state index contributed by atoms with van der Waals surface area (Å²) in [6, 6.07) is 13.5. The molecule has 0 unspecified atom stereocenters. The summed E-state index contributed by atoms with van der Waals surface area (Å²) in [5.41, 5.74) is 2.47. The predicted octanol–water partition coefficient (Wildman–Crippen LogP) is 2.65. The molecule has 0 bridgehead atoms. The van der Waals surface area contributed by atoms with E-state index < -0.39 is 35.9 Å². The maximum absolute atomic E-state index is 14.4. The number of hydrogen-bond donors (Lipinski definition) is 4. The molecule has 0 saturated carbocycles. The van der Waals surface area contributed by atoms with Crippen LogP contribution in [-0.2, 0) is 32.0 Å². The predicted molar refractivity (Wildman–Crippen MR) is 159 cm³/mol. The molecule has 2 heterocycles. The highest BCUT2D eigenvalue weighted by atomic mass is 16.4. The van der Waals surface area contributed by atoms with Crippen LogP contribution in [0.4, 0.5) is 0 Å². The Morgan fingerprint density at radius 2 is 1.81 bits per heavy atom. The number of amides is 3. The van der Waals surface area contributed by atoms with E-state index in [1.54, 1.807) is 18.6 Å². The van der Waals surface area contributed by atoms with Crippen molar-refractivity contribution in [1.29, 1.82) is 0 Å². The first-order valence-electron chi connectivity index (χ1n) is 13.9. The van der Waals surface area contributed by atoms with Gasteiger partial charge in [0.05, 0.1) is 6.54 Å². The number of carbonyl (C=O) groups is 4. The van der Waals surface area contributed by atoms with Gasteiger partial charge in [-0.2, -0.15) is 0 Å².